The quantitative estimate of drug-likeness (QED) is 0.344. The molecule has 14 heteroatoms. The van der Waals surface area contributed by atoms with Crippen LogP contribution in [0.5, 0.6) is 0 Å². The lowest BCUT2D eigenvalue weighted by molar-refractivity contribution is -0.205. The van der Waals surface area contributed by atoms with E-state index < -0.39 is 20.4 Å². The minimum atomic E-state index is -3.16. The molecular weight excluding hydrogens is 463 g/mol. The summed E-state index contributed by atoms with van der Waals surface area (Å²) in [5.74, 6) is 0. The second-order valence-electron chi connectivity index (χ2n) is 5.70. The molecule has 9 nitrogen and oxygen atoms in total. The fourth-order valence-electron chi connectivity index (χ4n) is 2.18. The third-order valence-electron chi connectivity index (χ3n) is 2.92. The molecule has 172 valence electrons. The lowest BCUT2D eigenvalue weighted by atomic mass is 10.9. The van der Waals surface area contributed by atoms with Gasteiger partial charge < -0.3 is 13.9 Å². The summed E-state index contributed by atoms with van der Waals surface area (Å²) < 4.78 is 39.2. The third kappa shape index (κ3) is 11.1. The molecule has 0 bridgehead atoms. The molecular formula is C14H38N3O6P3S2. The van der Waals surface area contributed by atoms with E-state index in [1.165, 1.54) is 11.0 Å². The number of nitrogens with zero attached hydrogens (tertiary/aromatic N) is 3. The summed E-state index contributed by atoms with van der Waals surface area (Å²) in [5, 5.41) is 0. The lowest BCUT2D eigenvalue weighted by Gasteiger charge is -2.38. The first-order valence-corrected chi connectivity index (χ1v) is 16.7. The van der Waals surface area contributed by atoms with Gasteiger partial charge in [-0.15, -0.1) is 14.0 Å². The van der Waals surface area contributed by atoms with Crippen LogP contribution in [0.2, 0.25) is 0 Å². The molecule has 0 saturated heterocycles. The van der Waals surface area contributed by atoms with E-state index in [4.69, 9.17) is 9.05 Å². The van der Waals surface area contributed by atoms with Gasteiger partial charge in [-0.1, -0.05) is 11.8 Å². The van der Waals surface area contributed by atoms with Gasteiger partial charge >= 0.3 is 13.7 Å². The zero-order chi connectivity index (χ0) is 22.6. The molecule has 0 atom stereocenters. The predicted octanol–water partition coefficient (Wildman–Crippen LogP) is 3.91. The van der Waals surface area contributed by atoms with Gasteiger partial charge in [0.15, 0.2) is 11.0 Å². The average Bonchev–Trinajstić information content (AvgIpc) is 2.52. The first-order chi connectivity index (χ1) is 12.8. The number of hydrogen-bond donors (Lipinski definition) is 0. The third-order valence-corrected chi connectivity index (χ3v) is 18.0. The molecule has 0 aliphatic heterocycles. The largest absolute Gasteiger partial charge is 0.780 e. The van der Waals surface area contributed by atoms with Crippen LogP contribution in [0.4, 0.5) is 0 Å². The van der Waals surface area contributed by atoms with Gasteiger partial charge in [0.25, 0.3) is 0 Å². The molecule has 28 heavy (non-hydrogen) atoms. The normalized spacial score (nSPS) is 13.2. The van der Waals surface area contributed by atoms with E-state index in [1.807, 2.05) is 56.1 Å². The van der Waals surface area contributed by atoms with Crippen molar-refractivity contribution in [3.05, 3.63) is 0 Å². The van der Waals surface area contributed by atoms with E-state index >= 15 is 0 Å². The highest BCUT2D eigenvalue weighted by Crippen LogP contribution is 2.86. The Hall–Kier alpha value is 1.34. The Morgan fingerprint density at radius 1 is 0.786 bits per heavy atom. The predicted molar refractivity (Wildman–Crippen MR) is 124 cm³/mol. The minimum Gasteiger partial charge on any atom is -0.780 e. The summed E-state index contributed by atoms with van der Waals surface area (Å²) in [7, 11) is 11.9. The Morgan fingerprint density at radius 3 is 1.29 bits per heavy atom. The van der Waals surface area contributed by atoms with E-state index in [0.717, 1.165) is 0 Å². The fourth-order valence-corrected chi connectivity index (χ4v) is 17.4. The average molecular weight is 502 g/mol. The topological polar surface area (TPSA) is 86.8 Å². The Balaban J connectivity index is 0. The van der Waals surface area contributed by atoms with Crippen LogP contribution in [-0.4, -0.2) is 82.7 Å². The Morgan fingerprint density at radius 2 is 1.07 bits per heavy atom. The van der Waals surface area contributed by atoms with Gasteiger partial charge in [-0.3, -0.25) is 9.05 Å². The molecule has 0 unspecified atom stereocenters. The summed E-state index contributed by atoms with van der Waals surface area (Å²) in [6.07, 6.45) is 0. The van der Waals surface area contributed by atoms with E-state index in [1.54, 1.807) is 13.8 Å². The first-order valence-electron chi connectivity index (χ1n) is 8.91. The van der Waals surface area contributed by atoms with Crippen molar-refractivity contribution in [3.8, 4) is 0 Å². The van der Waals surface area contributed by atoms with E-state index in [9.17, 15) is 9.46 Å². The molecule has 0 fully saturated rings. The molecule has 0 aliphatic carbocycles. The van der Waals surface area contributed by atoms with Gasteiger partial charge in [-0.05, 0) is 27.7 Å². The van der Waals surface area contributed by atoms with Crippen LogP contribution in [0.3, 0.4) is 0 Å². The van der Waals surface area contributed by atoms with Gasteiger partial charge in [0.1, 0.15) is 6.72 Å². The summed E-state index contributed by atoms with van der Waals surface area (Å²) >= 11 is 5.77. The zero-order valence-corrected chi connectivity index (χ0v) is 23.1. The highest BCUT2D eigenvalue weighted by atomic mass is 33.1. The summed E-state index contributed by atoms with van der Waals surface area (Å²) in [5.41, 5.74) is 0. The van der Waals surface area contributed by atoms with Crippen molar-refractivity contribution in [1.29, 1.82) is 0 Å². The molecule has 0 N–H and O–H groups in total. The van der Waals surface area contributed by atoms with Crippen molar-refractivity contribution in [2.24, 2.45) is 0 Å². The van der Waals surface area contributed by atoms with Crippen LogP contribution >= 0.6 is 31.4 Å². The summed E-state index contributed by atoms with van der Waals surface area (Å²) in [6, 6.07) is 0. The van der Waals surface area contributed by atoms with Gasteiger partial charge in [0, 0.05) is 42.3 Å². The molecule has 0 radical (unpaired) electrons. The summed E-state index contributed by atoms with van der Waals surface area (Å²) in [6.45, 7) is 0.249. The van der Waals surface area contributed by atoms with Crippen LogP contribution in [0.25, 0.3) is 0 Å². The highest BCUT2D eigenvalue weighted by molar-refractivity contribution is 8.87. The molecule has 0 aromatic carbocycles. The maximum absolute atomic E-state index is 12.8. The van der Waals surface area contributed by atoms with Crippen molar-refractivity contribution in [2.45, 2.75) is 27.7 Å². The molecule has 0 saturated carbocycles. The van der Waals surface area contributed by atoms with Gasteiger partial charge in [-0.25, -0.2) is 4.57 Å². The van der Waals surface area contributed by atoms with E-state index in [0.29, 0.717) is 26.4 Å². The zero-order valence-electron chi connectivity index (χ0n) is 18.8. The van der Waals surface area contributed by atoms with E-state index in [2.05, 4.69) is 34.9 Å². The second-order valence-corrected chi connectivity index (χ2v) is 18.2. The van der Waals surface area contributed by atoms with Crippen LogP contribution in [0.15, 0.2) is 0 Å². The molecule has 0 spiro atoms. The molecule has 0 aliphatic rings. The molecule has 0 aromatic rings. The number of hydrogen-bond acceptors (Lipinski definition) is 11. The minimum absolute atomic E-state index is 0.334. The highest BCUT2D eigenvalue weighted by Gasteiger charge is 2.57. The lowest BCUT2D eigenvalue weighted by Crippen LogP contribution is -2.33. The van der Waals surface area contributed by atoms with Crippen LogP contribution < -0.4 is 4.89 Å². The molecule has 0 heterocycles. The standard InChI is InChI=1S/C10H28N3O3P2S.C4H11O3PS/c1-9-15-18(14,16-10-2)19-17(11(3)4,12(5)6)13(7)8;1-3-6-8(5,9)7-4-2/h9-10H2,1-8H3;3-4H2,1-2H3,(H,5,9)/q+1;/p-1. The van der Waals surface area contributed by atoms with Crippen LogP contribution in [-0.2, 0) is 34.5 Å². The Kier molecular flexibility index (Phi) is 17.1. The Labute approximate surface area is 181 Å². The smallest absolute Gasteiger partial charge is 0.431 e. The fraction of sp³-hybridized carbons (Fsp3) is 1.00. The van der Waals surface area contributed by atoms with Crippen molar-refractivity contribution in [2.75, 3.05) is 68.7 Å². The van der Waals surface area contributed by atoms with Crippen molar-refractivity contribution in [3.63, 3.8) is 0 Å². The van der Waals surface area contributed by atoms with Gasteiger partial charge in [0.2, 0.25) is 0 Å². The Bertz CT molecular complexity index is 473. The monoisotopic (exact) mass is 501 g/mol. The van der Waals surface area contributed by atoms with Gasteiger partial charge in [-0.2, -0.15) is 0 Å². The molecule has 0 amide bonds. The van der Waals surface area contributed by atoms with Crippen molar-refractivity contribution >= 4 is 43.2 Å². The maximum Gasteiger partial charge on any atom is 0.431 e. The summed E-state index contributed by atoms with van der Waals surface area (Å²) in [4.78, 5) is 10.8. The van der Waals surface area contributed by atoms with Crippen LogP contribution in [0, 0.1) is 0 Å². The molecule has 0 rings (SSSR count). The first kappa shape index (κ1) is 31.5. The maximum atomic E-state index is 12.8. The second kappa shape index (κ2) is 15.2. The molecule has 0 aromatic heterocycles. The van der Waals surface area contributed by atoms with Gasteiger partial charge in [0.05, 0.1) is 26.4 Å². The SMILES string of the molecule is CCOP(=O)(OCC)S[P+](N(C)C)(N(C)C)N(C)C.CCOP([O-])(=S)OCC. The van der Waals surface area contributed by atoms with Crippen LogP contribution in [0.1, 0.15) is 27.7 Å². The van der Waals surface area contributed by atoms with E-state index in [-0.39, 0.29) is 0 Å². The van der Waals surface area contributed by atoms with Crippen molar-refractivity contribution in [1.82, 2.24) is 14.0 Å². The number of rotatable bonds is 13. The van der Waals surface area contributed by atoms with Crippen molar-refractivity contribution < 1.29 is 27.6 Å².